The molecule has 4 rings (SSSR count). The summed E-state index contributed by atoms with van der Waals surface area (Å²) in [4.78, 5) is 25.1. The summed E-state index contributed by atoms with van der Waals surface area (Å²) in [5.74, 6) is 0.173. The lowest BCUT2D eigenvalue weighted by Gasteiger charge is -2.25. The van der Waals surface area contributed by atoms with Gasteiger partial charge in [0.2, 0.25) is 5.91 Å². The first kappa shape index (κ1) is 20.9. The van der Waals surface area contributed by atoms with Gasteiger partial charge in [-0.25, -0.2) is 0 Å². The van der Waals surface area contributed by atoms with E-state index in [0.29, 0.717) is 35.8 Å². The van der Waals surface area contributed by atoms with Gasteiger partial charge in [0.1, 0.15) is 12.4 Å². The smallest absolute Gasteiger partial charge is 0.255 e. The summed E-state index contributed by atoms with van der Waals surface area (Å²) in [5.41, 5.74) is 4.27. The van der Waals surface area contributed by atoms with Crippen molar-refractivity contribution in [3.8, 4) is 5.75 Å². The van der Waals surface area contributed by atoms with Crippen molar-refractivity contribution >= 4 is 29.1 Å². The Balaban J connectivity index is 1.39. The van der Waals surface area contributed by atoms with E-state index in [2.05, 4.69) is 10.6 Å². The number of halogens is 1. The number of hydrogen-bond acceptors (Lipinski definition) is 3. The van der Waals surface area contributed by atoms with E-state index in [9.17, 15) is 9.59 Å². The van der Waals surface area contributed by atoms with Crippen molar-refractivity contribution in [1.29, 1.82) is 0 Å². The average molecular weight is 435 g/mol. The first-order valence-corrected chi connectivity index (χ1v) is 10.5. The number of benzene rings is 3. The zero-order valence-corrected chi connectivity index (χ0v) is 17.9. The number of nitrogens with one attached hydrogen (secondary N) is 2. The van der Waals surface area contributed by atoms with Gasteiger partial charge in [0.25, 0.3) is 5.91 Å². The van der Waals surface area contributed by atoms with Gasteiger partial charge in [0.15, 0.2) is 0 Å². The van der Waals surface area contributed by atoms with Gasteiger partial charge < -0.3 is 15.4 Å². The number of rotatable bonds is 5. The van der Waals surface area contributed by atoms with E-state index >= 15 is 0 Å². The molecule has 1 aliphatic heterocycles. The number of carbonyl (C=O) groups is 2. The highest BCUT2D eigenvalue weighted by molar-refractivity contribution is 6.31. The highest BCUT2D eigenvalue weighted by Crippen LogP contribution is 2.30. The van der Waals surface area contributed by atoms with Crippen LogP contribution in [0.5, 0.6) is 5.75 Å². The first-order chi connectivity index (χ1) is 15.0. The second kappa shape index (κ2) is 9.23. The van der Waals surface area contributed by atoms with Crippen LogP contribution >= 0.6 is 11.6 Å². The molecule has 0 fully saturated rings. The topological polar surface area (TPSA) is 67.4 Å². The molecule has 0 aliphatic carbocycles. The second-order valence-electron chi connectivity index (χ2n) is 7.70. The molecule has 3 aromatic carbocycles. The monoisotopic (exact) mass is 434 g/mol. The lowest BCUT2D eigenvalue weighted by Crippen LogP contribution is -2.37. The molecule has 158 valence electrons. The van der Waals surface area contributed by atoms with Crippen molar-refractivity contribution in [3.63, 3.8) is 0 Å². The fraction of sp³-hybridized carbons (Fsp3) is 0.200. The first-order valence-electron chi connectivity index (χ1n) is 10.1. The zero-order valence-electron chi connectivity index (χ0n) is 17.2. The number of ether oxygens (including phenoxy) is 1. The average Bonchev–Trinajstić information content (AvgIpc) is 2.78. The molecule has 6 heteroatoms. The minimum Gasteiger partial charge on any atom is -0.492 e. The van der Waals surface area contributed by atoms with Gasteiger partial charge in [-0.15, -0.1) is 0 Å². The third-order valence-electron chi connectivity index (χ3n) is 5.27. The molecule has 0 bridgehead atoms. The van der Waals surface area contributed by atoms with Crippen LogP contribution in [0.1, 0.15) is 27.0 Å². The minimum atomic E-state index is -0.281. The van der Waals surface area contributed by atoms with Crippen LogP contribution in [-0.2, 0) is 17.8 Å². The standard InChI is InChI=1S/C25H23ClN2O3/c1-16-5-7-17(8-6-16)14-27-24(29)20-11-19-13-22(9-10-23(19)31-15-20)28-25(30)18-3-2-4-21(26)12-18/h2-10,12-13,20H,11,14-15H2,1H3,(H,27,29)(H,28,30)/t20-/m0/s1. The lowest BCUT2D eigenvalue weighted by molar-refractivity contribution is -0.126. The molecule has 1 heterocycles. The van der Waals surface area contributed by atoms with E-state index in [0.717, 1.165) is 16.9 Å². The molecule has 0 saturated heterocycles. The van der Waals surface area contributed by atoms with Crippen LogP contribution in [-0.4, -0.2) is 18.4 Å². The van der Waals surface area contributed by atoms with Crippen LogP contribution in [0.25, 0.3) is 0 Å². The van der Waals surface area contributed by atoms with Gasteiger partial charge in [-0.1, -0.05) is 47.5 Å². The molecular weight excluding hydrogens is 412 g/mol. The summed E-state index contributed by atoms with van der Waals surface area (Å²) in [7, 11) is 0. The van der Waals surface area contributed by atoms with E-state index in [1.165, 1.54) is 5.56 Å². The fourth-order valence-corrected chi connectivity index (χ4v) is 3.70. The highest BCUT2D eigenvalue weighted by Gasteiger charge is 2.26. The Morgan fingerprint density at radius 1 is 1.06 bits per heavy atom. The van der Waals surface area contributed by atoms with Crippen molar-refractivity contribution in [2.75, 3.05) is 11.9 Å². The van der Waals surface area contributed by atoms with Crippen molar-refractivity contribution < 1.29 is 14.3 Å². The highest BCUT2D eigenvalue weighted by atomic mass is 35.5. The Hall–Kier alpha value is -3.31. The van der Waals surface area contributed by atoms with Gasteiger partial charge in [-0.3, -0.25) is 9.59 Å². The summed E-state index contributed by atoms with van der Waals surface area (Å²) >= 11 is 5.97. The van der Waals surface area contributed by atoms with Crippen molar-refractivity contribution in [1.82, 2.24) is 5.32 Å². The largest absolute Gasteiger partial charge is 0.492 e. The third kappa shape index (κ3) is 5.25. The zero-order chi connectivity index (χ0) is 21.8. The molecule has 0 radical (unpaired) electrons. The van der Waals surface area contributed by atoms with Crippen LogP contribution in [0, 0.1) is 12.8 Å². The van der Waals surface area contributed by atoms with E-state index in [1.54, 1.807) is 30.3 Å². The van der Waals surface area contributed by atoms with Crippen molar-refractivity contribution in [2.24, 2.45) is 5.92 Å². The van der Waals surface area contributed by atoms with Crippen LogP contribution in [0.2, 0.25) is 5.02 Å². The molecule has 0 aromatic heterocycles. The summed E-state index contributed by atoms with van der Waals surface area (Å²) in [6.45, 7) is 2.85. The van der Waals surface area contributed by atoms with Gasteiger partial charge in [-0.05, 0) is 60.9 Å². The molecule has 0 unspecified atom stereocenters. The Kier molecular flexibility index (Phi) is 6.23. The van der Waals surface area contributed by atoms with Gasteiger partial charge in [-0.2, -0.15) is 0 Å². The molecule has 2 amide bonds. The number of hydrogen-bond donors (Lipinski definition) is 2. The van der Waals surface area contributed by atoms with Gasteiger partial charge in [0, 0.05) is 22.8 Å². The molecule has 31 heavy (non-hydrogen) atoms. The quantitative estimate of drug-likeness (QED) is 0.608. The van der Waals surface area contributed by atoms with Crippen molar-refractivity contribution in [2.45, 2.75) is 19.9 Å². The number of fused-ring (bicyclic) bond motifs is 1. The van der Waals surface area contributed by atoms with Crippen molar-refractivity contribution in [3.05, 3.63) is 94.0 Å². The van der Waals surface area contributed by atoms with E-state index < -0.39 is 0 Å². The van der Waals surface area contributed by atoms with E-state index in [1.807, 2.05) is 43.3 Å². The Morgan fingerprint density at radius 2 is 1.87 bits per heavy atom. The Labute approximate surface area is 186 Å². The van der Waals surface area contributed by atoms with Crippen LogP contribution in [0.4, 0.5) is 5.69 Å². The molecule has 3 aromatic rings. The SMILES string of the molecule is Cc1ccc(CNC(=O)[C@@H]2COc3ccc(NC(=O)c4cccc(Cl)c4)cc3C2)cc1. The van der Waals surface area contributed by atoms with Gasteiger partial charge in [0.05, 0.1) is 5.92 Å². The molecule has 2 N–H and O–H groups in total. The third-order valence-corrected chi connectivity index (χ3v) is 5.50. The predicted octanol–water partition coefficient (Wildman–Crippen LogP) is 4.77. The molecule has 1 aliphatic rings. The summed E-state index contributed by atoms with van der Waals surface area (Å²) in [5, 5.41) is 6.37. The number of aryl methyl sites for hydroxylation is 1. The Morgan fingerprint density at radius 3 is 2.65 bits per heavy atom. The maximum atomic E-state index is 12.7. The number of amides is 2. The summed E-state index contributed by atoms with van der Waals surface area (Å²) < 4.78 is 5.79. The maximum absolute atomic E-state index is 12.7. The minimum absolute atomic E-state index is 0.0420. The molecule has 5 nitrogen and oxygen atoms in total. The fourth-order valence-electron chi connectivity index (χ4n) is 3.51. The van der Waals surface area contributed by atoms with E-state index in [-0.39, 0.29) is 17.7 Å². The summed E-state index contributed by atoms with van der Waals surface area (Å²) in [6.07, 6.45) is 0.552. The van der Waals surface area contributed by atoms with Crippen LogP contribution < -0.4 is 15.4 Å². The number of anilines is 1. The molecule has 0 saturated carbocycles. The molecule has 1 atom stereocenters. The predicted molar refractivity (Wildman–Crippen MR) is 122 cm³/mol. The van der Waals surface area contributed by atoms with Gasteiger partial charge >= 0.3 is 0 Å². The molecule has 0 spiro atoms. The molecular formula is C25H23ClN2O3. The normalized spacial score (nSPS) is 14.8. The Bertz CT molecular complexity index is 1110. The van der Waals surface area contributed by atoms with Crippen LogP contribution in [0.3, 0.4) is 0 Å². The second-order valence-corrected chi connectivity index (χ2v) is 8.14. The summed E-state index contributed by atoms with van der Waals surface area (Å²) in [6, 6.07) is 20.3. The lowest BCUT2D eigenvalue weighted by atomic mass is 9.95. The van der Waals surface area contributed by atoms with Crippen LogP contribution in [0.15, 0.2) is 66.7 Å². The maximum Gasteiger partial charge on any atom is 0.255 e. The number of carbonyl (C=O) groups excluding carboxylic acids is 2. The van der Waals surface area contributed by atoms with E-state index in [4.69, 9.17) is 16.3 Å².